The molecular formula is C8H5ClF6N2O2. The molecule has 0 amide bonds. The Hall–Kier alpha value is -1.45. The lowest BCUT2D eigenvalue weighted by molar-refractivity contribution is -0.300. The van der Waals surface area contributed by atoms with E-state index in [-0.39, 0.29) is 0 Å². The van der Waals surface area contributed by atoms with Crippen LogP contribution in [0.3, 0.4) is 0 Å². The molecule has 0 aromatic carbocycles. The molecule has 1 heterocycles. The van der Waals surface area contributed by atoms with Crippen molar-refractivity contribution in [3.8, 4) is 11.6 Å². The molecular weight excluding hydrogens is 306 g/mol. The maximum Gasteiger partial charge on any atom is 0.434 e. The molecule has 1 aromatic heterocycles. The highest BCUT2D eigenvalue weighted by molar-refractivity contribution is 6.31. The zero-order valence-electron chi connectivity index (χ0n) is 9.01. The Balaban J connectivity index is 3.15. The maximum atomic E-state index is 12.3. The summed E-state index contributed by atoms with van der Waals surface area (Å²) in [5.74, 6) is -1.68. The summed E-state index contributed by atoms with van der Waals surface area (Å²) < 4.78 is 82.0. The number of hydrogen-bond donors (Lipinski definition) is 0. The first kappa shape index (κ1) is 15.6. The Morgan fingerprint density at radius 2 is 1.63 bits per heavy atom. The van der Waals surface area contributed by atoms with Gasteiger partial charge in [-0.15, -0.1) is 0 Å². The summed E-state index contributed by atoms with van der Waals surface area (Å²) in [7, 11) is 0.966. The number of methoxy groups -OCH3 is 1. The molecule has 0 aliphatic rings. The van der Waals surface area contributed by atoms with Crippen LogP contribution in [0.25, 0.3) is 0 Å². The molecule has 0 aliphatic carbocycles. The molecule has 1 aromatic rings. The smallest absolute Gasteiger partial charge is 0.434 e. The Kier molecular flexibility index (Phi) is 4.33. The van der Waals surface area contributed by atoms with Crippen LogP contribution in [0.4, 0.5) is 26.3 Å². The van der Waals surface area contributed by atoms with Crippen LogP contribution >= 0.6 is 11.6 Å². The minimum absolute atomic E-state index is 0.476. The van der Waals surface area contributed by atoms with Crippen LogP contribution < -0.4 is 9.47 Å². The summed E-state index contributed by atoms with van der Waals surface area (Å²) in [4.78, 5) is 6.46. The van der Waals surface area contributed by atoms with Crippen molar-refractivity contribution in [1.82, 2.24) is 9.97 Å². The van der Waals surface area contributed by atoms with E-state index in [1.54, 1.807) is 0 Å². The molecule has 0 saturated carbocycles. The normalized spacial score (nSPS) is 12.7. The quantitative estimate of drug-likeness (QED) is 0.636. The second-order valence-electron chi connectivity index (χ2n) is 3.08. The highest BCUT2D eigenvalue weighted by Crippen LogP contribution is 2.39. The van der Waals surface area contributed by atoms with Crippen molar-refractivity contribution in [2.45, 2.75) is 18.5 Å². The Labute approximate surface area is 107 Å². The molecule has 108 valence electrons. The molecule has 0 saturated heterocycles. The van der Waals surface area contributed by atoms with E-state index in [4.69, 9.17) is 11.6 Å². The number of nitrogens with zero attached hydrogens (tertiary/aromatic N) is 2. The van der Waals surface area contributed by atoms with E-state index >= 15 is 0 Å². The minimum Gasteiger partial charge on any atom is -0.489 e. The lowest BCUT2D eigenvalue weighted by atomic mass is 10.3. The molecule has 19 heavy (non-hydrogen) atoms. The van der Waals surface area contributed by atoms with E-state index in [1.165, 1.54) is 0 Å². The molecule has 0 atom stereocenters. The third kappa shape index (κ3) is 3.75. The zero-order chi connectivity index (χ0) is 14.8. The lowest BCUT2D eigenvalue weighted by Gasteiger charge is -2.23. The monoisotopic (exact) mass is 310 g/mol. The molecule has 0 radical (unpaired) electrons. The van der Waals surface area contributed by atoms with Crippen molar-refractivity contribution in [2.75, 3.05) is 7.11 Å². The van der Waals surface area contributed by atoms with Crippen LogP contribution in [0.15, 0.2) is 6.33 Å². The third-order valence-corrected chi connectivity index (χ3v) is 2.03. The van der Waals surface area contributed by atoms with Gasteiger partial charge in [-0.25, -0.2) is 4.98 Å². The van der Waals surface area contributed by atoms with Crippen LogP contribution in [-0.4, -0.2) is 35.5 Å². The zero-order valence-corrected chi connectivity index (χ0v) is 9.77. The first-order valence-electron chi connectivity index (χ1n) is 4.42. The van der Waals surface area contributed by atoms with E-state index in [9.17, 15) is 26.3 Å². The van der Waals surface area contributed by atoms with E-state index < -0.39 is 35.2 Å². The summed E-state index contributed by atoms with van der Waals surface area (Å²) in [5, 5.41) is -0.476. The second-order valence-corrected chi connectivity index (χ2v) is 3.44. The SMILES string of the molecule is COc1c(Cl)ncnc1OC(C(F)(F)F)C(F)(F)F. The number of aromatic nitrogens is 2. The maximum absolute atomic E-state index is 12.3. The van der Waals surface area contributed by atoms with Gasteiger partial charge in [-0.05, 0) is 0 Å². The highest BCUT2D eigenvalue weighted by Gasteiger charge is 2.59. The van der Waals surface area contributed by atoms with Gasteiger partial charge in [0.05, 0.1) is 7.11 Å². The molecule has 0 bridgehead atoms. The van der Waals surface area contributed by atoms with Crippen molar-refractivity contribution in [3.63, 3.8) is 0 Å². The predicted molar refractivity (Wildman–Crippen MR) is 50.1 cm³/mol. The average molecular weight is 311 g/mol. The van der Waals surface area contributed by atoms with E-state index in [2.05, 4.69) is 19.4 Å². The summed E-state index contributed by atoms with van der Waals surface area (Å²) in [6.07, 6.45) is -14.7. The van der Waals surface area contributed by atoms with Crippen LogP contribution in [-0.2, 0) is 0 Å². The largest absolute Gasteiger partial charge is 0.489 e. The fourth-order valence-electron chi connectivity index (χ4n) is 1.02. The van der Waals surface area contributed by atoms with Gasteiger partial charge in [-0.3, -0.25) is 0 Å². The van der Waals surface area contributed by atoms with Crippen LogP contribution in [0.1, 0.15) is 0 Å². The van der Waals surface area contributed by atoms with Crippen molar-refractivity contribution >= 4 is 11.6 Å². The summed E-state index contributed by atoms with van der Waals surface area (Å²) in [6, 6.07) is 0. The van der Waals surface area contributed by atoms with Gasteiger partial charge in [0.2, 0.25) is 5.75 Å². The van der Waals surface area contributed by atoms with Gasteiger partial charge in [0.15, 0.2) is 5.15 Å². The van der Waals surface area contributed by atoms with Crippen LogP contribution in [0, 0.1) is 0 Å². The number of hydrogen-bond acceptors (Lipinski definition) is 4. The standard InChI is InChI=1S/C8H5ClF6N2O2/c1-18-3-4(9)16-2-17-5(3)19-6(7(10,11)12)8(13,14)15/h2,6H,1H3. The second kappa shape index (κ2) is 5.27. The molecule has 4 nitrogen and oxygen atoms in total. The highest BCUT2D eigenvalue weighted by atomic mass is 35.5. The minimum atomic E-state index is -5.67. The van der Waals surface area contributed by atoms with Gasteiger partial charge in [-0.2, -0.15) is 31.3 Å². The Morgan fingerprint density at radius 3 is 2.05 bits per heavy atom. The van der Waals surface area contributed by atoms with Crippen molar-refractivity contribution in [2.24, 2.45) is 0 Å². The molecule has 11 heteroatoms. The number of ether oxygens (including phenoxy) is 2. The van der Waals surface area contributed by atoms with Crippen LogP contribution in [0.5, 0.6) is 11.6 Å². The summed E-state index contributed by atoms with van der Waals surface area (Å²) in [5.41, 5.74) is 0. The number of alkyl halides is 6. The molecule has 1 rings (SSSR count). The van der Waals surface area contributed by atoms with Gasteiger partial charge < -0.3 is 9.47 Å². The molecule has 0 N–H and O–H groups in total. The number of halogens is 7. The molecule has 0 aliphatic heterocycles. The average Bonchev–Trinajstić information content (AvgIpc) is 2.22. The van der Waals surface area contributed by atoms with Gasteiger partial charge in [0, 0.05) is 0 Å². The van der Waals surface area contributed by atoms with Gasteiger partial charge in [0.1, 0.15) is 6.33 Å². The molecule has 0 unspecified atom stereocenters. The molecule has 0 fully saturated rings. The van der Waals surface area contributed by atoms with Crippen molar-refractivity contribution < 1.29 is 35.8 Å². The fraction of sp³-hybridized carbons (Fsp3) is 0.500. The first-order chi connectivity index (χ1) is 8.57. The van der Waals surface area contributed by atoms with E-state index in [1.807, 2.05) is 0 Å². The van der Waals surface area contributed by atoms with Gasteiger partial charge >= 0.3 is 12.4 Å². The van der Waals surface area contributed by atoms with E-state index in [0.717, 1.165) is 7.11 Å². The predicted octanol–water partition coefficient (Wildman–Crippen LogP) is 3.01. The summed E-state index contributed by atoms with van der Waals surface area (Å²) in [6.45, 7) is 0. The third-order valence-electron chi connectivity index (χ3n) is 1.76. The van der Waals surface area contributed by atoms with E-state index in [0.29, 0.717) is 6.33 Å². The summed E-state index contributed by atoms with van der Waals surface area (Å²) >= 11 is 5.42. The Bertz CT molecular complexity index is 436. The number of rotatable bonds is 3. The first-order valence-corrected chi connectivity index (χ1v) is 4.79. The lowest BCUT2D eigenvalue weighted by Crippen LogP contribution is -2.46. The Morgan fingerprint density at radius 1 is 1.11 bits per heavy atom. The fourth-order valence-corrected chi connectivity index (χ4v) is 1.23. The van der Waals surface area contributed by atoms with Crippen LogP contribution in [0.2, 0.25) is 5.15 Å². The molecule has 0 spiro atoms. The van der Waals surface area contributed by atoms with Crippen molar-refractivity contribution in [1.29, 1.82) is 0 Å². The van der Waals surface area contributed by atoms with Gasteiger partial charge in [0.25, 0.3) is 12.0 Å². The van der Waals surface area contributed by atoms with Crippen molar-refractivity contribution in [3.05, 3.63) is 11.5 Å². The van der Waals surface area contributed by atoms with Gasteiger partial charge in [-0.1, -0.05) is 11.6 Å². The topological polar surface area (TPSA) is 44.2 Å².